The number of nitrogens with one attached hydrogen (secondary N) is 1. The SMILES string of the molecule is O=C(c1cc(Cl)sc1Cl)N1CCN(C2CCNC2)CC1. The minimum atomic E-state index is 0.00217. The number of thiophene rings is 1. The Morgan fingerprint density at radius 3 is 2.60 bits per heavy atom. The average Bonchev–Trinajstić information content (AvgIpc) is 3.08. The van der Waals surface area contributed by atoms with Gasteiger partial charge in [0.05, 0.1) is 9.90 Å². The quantitative estimate of drug-likeness (QED) is 0.900. The Morgan fingerprint density at radius 1 is 1.30 bits per heavy atom. The molecule has 2 aliphatic rings. The lowest BCUT2D eigenvalue weighted by Gasteiger charge is -2.37. The van der Waals surface area contributed by atoms with Crippen LogP contribution in [0.15, 0.2) is 6.07 Å². The molecule has 1 N–H and O–H groups in total. The fourth-order valence-corrected chi connectivity index (χ4v) is 4.35. The van der Waals surface area contributed by atoms with Gasteiger partial charge in [-0.25, -0.2) is 0 Å². The predicted molar refractivity (Wildman–Crippen MR) is 83.1 cm³/mol. The Balaban J connectivity index is 1.60. The molecule has 1 aromatic heterocycles. The number of amides is 1. The Hall–Kier alpha value is -0.330. The van der Waals surface area contributed by atoms with E-state index in [-0.39, 0.29) is 5.91 Å². The van der Waals surface area contributed by atoms with Gasteiger partial charge in [-0.1, -0.05) is 23.2 Å². The number of rotatable bonds is 2. The van der Waals surface area contributed by atoms with Crippen LogP contribution in [0.3, 0.4) is 0 Å². The first-order valence-electron chi connectivity index (χ1n) is 6.84. The van der Waals surface area contributed by atoms with Gasteiger partial charge < -0.3 is 10.2 Å². The van der Waals surface area contributed by atoms with Crippen LogP contribution in [0.2, 0.25) is 8.67 Å². The van der Waals surface area contributed by atoms with Crippen molar-refractivity contribution in [3.8, 4) is 0 Å². The highest BCUT2D eigenvalue weighted by Gasteiger charge is 2.29. The summed E-state index contributed by atoms with van der Waals surface area (Å²) in [5.41, 5.74) is 0.539. The van der Waals surface area contributed by atoms with Gasteiger partial charge in [-0.3, -0.25) is 9.69 Å². The van der Waals surface area contributed by atoms with E-state index in [0.29, 0.717) is 20.3 Å². The first-order chi connectivity index (χ1) is 9.65. The van der Waals surface area contributed by atoms with Crippen LogP contribution in [0.1, 0.15) is 16.8 Å². The summed E-state index contributed by atoms with van der Waals surface area (Å²) in [6.07, 6.45) is 1.21. The van der Waals surface area contributed by atoms with Crippen molar-refractivity contribution in [3.05, 3.63) is 20.3 Å². The van der Waals surface area contributed by atoms with Gasteiger partial charge in [0.15, 0.2) is 0 Å². The maximum atomic E-state index is 12.4. The van der Waals surface area contributed by atoms with E-state index in [0.717, 1.165) is 39.3 Å². The van der Waals surface area contributed by atoms with Crippen molar-refractivity contribution >= 4 is 40.4 Å². The molecule has 7 heteroatoms. The number of piperazine rings is 1. The Labute approximate surface area is 132 Å². The minimum absolute atomic E-state index is 0.00217. The maximum Gasteiger partial charge on any atom is 0.256 e. The van der Waals surface area contributed by atoms with Gasteiger partial charge in [0.1, 0.15) is 4.34 Å². The van der Waals surface area contributed by atoms with Crippen molar-refractivity contribution in [1.29, 1.82) is 0 Å². The van der Waals surface area contributed by atoms with Crippen LogP contribution in [-0.2, 0) is 0 Å². The molecular formula is C13H17Cl2N3OS. The summed E-state index contributed by atoms with van der Waals surface area (Å²) >= 11 is 13.2. The zero-order valence-electron chi connectivity index (χ0n) is 11.1. The van der Waals surface area contributed by atoms with Gasteiger partial charge >= 0.3 is 0 Å². The van der Waals surface area contributed by atoms with E-state index in [1.165, 1.54) is 17.8 Å². The van der Waals surface area contributed by atoms with Crippen LogP contribution in [0.25, 0.3) is 0 Å². The van der Waals surface area contributed by atoms with Gasteiger partial charge in [0.2, 0.25) is 0 Å². The maximum absolute atomic E-state index is 12.4. The molecule has 1 unspecified atom stereocenters. The Bertz CT molecular complexity index is 494. The molecule has 3 heterocycles. The highest BCUT2D eigenvalue weighted by atomic mass is 35.5. The lowest BCUT2D eigenvalue weighted by atomic mass is 10.1. The number of carbonyl (C=O) groups excluding carboxylic acids is 1. The number of nitrogens with zero attached hydrogens (tertiary/aromatic N) is 2. The summed E-state index contributed by atoms with van der Waals surface area (Å²) in [6.45, 7) is 5.58. The second-order valence-corrected chi connectivity index (χ2v) is 7.50. The summed E-state index contributed by atoms with van der Waals surface area (Å²) < 4.78 is 1.05. The van der Waals surface area contributed by atoms with Crippen LogP contribution in [0, 0.1) is 0 Å². The van der Waals surface area contributed by atoms with E-state index in [1.807, 2.05) is 4.90 Å². The van der Waals surface area contributed by atoms with Crippen LogP contribution in [0.4, 0.5) is 0 Å². The standard InChI is InChI=1S/C13H17Cl2N3OS/c14-11-7-10(12(15)20-11)13(19)18-5-3-17(4-6-18)9-1-2-16-8-9/h7,9,16H,1-6,8H2. The second-order valence-electron chi connectivity index (χ2n) is 5.21. The molecule has 2 fully saturated rings. The summed E-state index contributed by atoms with van der Waals surface area (Å²) in [7, 11) is 0. The third-order valence-corrected chi connectivity index (χ3v) is 5.53. The third kappa shape index (κ3) is 2.97. The largest absolute Gasteiger partial charge is 0.336 e. The normalized spacial score (nSPS) is 24.3. The first kappa shape index (κ1) is 14.6. The minimum Gasteiger partial charge on any atom is -0.336 e. The summed E-state index contributed by atoms with van der Waals surface area (Å²) in [6, 6.07) is 2.30. The fraction of sp³-hybridized carbons (Fsp3) is 0.615. The highest BCUT2D eigenvalue weighted by Crippen LogP contribution is 2.32. The molecule has 0 aliphatic carbocycles. The zero-order chi connectivity index (χ0) is 14.1. The van der Waals surface area contributed by atoms with Crippen molar-refractivity contribution in [2.24, 2.45) is 0 Å². The van der Waals surface area contributed by atoms with Crippen molar-refractivity contribution in [3.63, 3.8) is 0 Å². The third-order valence-electron chi connectivity index (χ3n) is 4.04. The monoisotopic (exact) mass is 333 g/mol. The van der Waals surface area contributed by atoms with Gasteiger partial charge in [-0.2, -0.15) is 0 Å². The molecule has 1 atom stereocenters. The van der Waals surface area contributed by atoms with Gasteiger partial charge in [-0.15, -0.1) is 11.3 Å². The first-order valence-corrected chi connectivity index (χ1v) is 8.41. The van der Waals surface area contributed by atoms with E-state index in [1.54, 1.807) is 6.07 Å². The summed E-state index contributed by atoms with van der Waals surface area (Å²) in [5, 5.41) is 3.39. The summed E-state index contributed by atoms with van der Waals surface area (Å²) in [5.74, 6) is 0.00217. The molecule has 0 spiro atoms. The molecule has 2 saturated heterocycles. The van der Waals surface area contributed by atoms with Crippen LogP contribution >= 0.6 is 34.5 Å². The number of halogens is 2. The van der Waals surface area contributed by atoms with Crippen LogP contribution in [0.5, 0.6) is 0 Å². The molecule has 1 amide bonds. The average molecular weight is 334 g/mol. The van der Waals surface area contributed by atoms with E-state index >= 15 is 0 Å². The number of hydrogen-bond donors (Lipinski definition) is 1. The van der Waals surface area contributed by atoms with Gasteiger partial charge in [0.25, 0.3) is 5.91 Å². The lowest BCUT2D eigenvalue weighted by molar-refractivity contribution is 0.0584. The molecule has 0 radical (unpaired) electrons. The van der Waals surface area contributed by atoms with Crippen molar-refractivity contribution in [1.82, 2.24) is 15.1 Å². The van der Waals surface area contributed by atoms with E-state index in [4.69, 9.17) is 23.2 Å². The predicted octanol–water partition coefficient (Wildman–Crippen LogP) is 2.17. The smallest absolute Gasteiger partial charge is 0.256 e. The highest BCUT2D eigenvalue weighted by molar-refractivity contribution is 7.20. The second kappa shape index (κ2) is 6.20. The number of hydrogen-bond acceptors (Lipinski definition) is 4. The molecule has 0 aromatic carbocycles. The van der Waals surface area contributed by atoms with Crippen molar-refractivity contribution < 1.29 is 4.79 Å². The molecule has 20 heavy (non-hydrogen) atoms. The van der Waals surface area contributed by atoms with Gasteiger partial charge in [0, 0.05) is 38.8 Å². The van der Waals surface area contributed by atoms with Crippen LogP contribution < -0.4 is 5.32 Å². The van der Waals surface area contributed by atoms with E-state index in [2.05, 4.69) is 10.2 Å². The molecule has 4 nitrogen and oxygen atoms in total. The fourth-order valence-electron chi connectivity index (χ4n) is 2.90. The Kier molecular flexibility index (Phi) is 4.52. The molecular weight excluding hydrogens is 317 g/mol. The molecule has 0 saturated carbocycles. The molecule has 0 bridgehead atoms. The molecule has 3 rings (SSSR count). The topological polar surface area (TPSA) is 35.6 Å². The summed E-state index contributed by atoms with van der Waals surface area (Å²) in [4.78, 5) is 16.8. The van der Waals surface area contributed by atoms with E-state index in [9.17, 15) is 4.79 Å². The van der Waals surface area contributed by atoms with E-state index < -0.39 is 0 Å². The van der Waals surface area contributed by atoms with Crippen molar-refractivity contribution in [2.75, 3.05) is 39.3 Å². The lowest BCUT2D eigenvalue weighted by Crippen LogP contribution is -2.52. The molecule has 1 aromatic rings. The molecule has 110 valence electrons. The van der Waals surface area contributed by atoms with Crippen LogP contribution in [-0.4, -0.2) is 61.0 Å². The van der Waals surface area contributed by atoms with Gasteiger partial charge in [-0.05, 0) is 19.0 Å². The number of carbonyl (C=O) groups is 1. The molecule has 2 aliphatic heterocycles. The Morgan fingerprint density at radius 2 is 2.05 bits per heavy atom. The zero-order valence-corrected chi connectivity index (χ0v) is 13.4. The van der Waals surface area contributed by atoms with Crippen molar-refractivity contribution in [2.45, 2.75) is 12.5 Å².